The molecule has 1 aromatic rings. The maximum atomic E-state index is 13.1. The van der Waals surface area contributed by atoms with Crippen molar-refractivity contribution in [1.82, 2.24) is 10.2 Å². The van der Waals surface area contributed by atoms with Gasteiger partial charge in [0.2, 0.25) is 0 Å². The van der Waals surface area contributed by atoms with E-state index >= 15 is 0 Å². The van der Waals surface area contributed by atoms with E-state index in [9.17, 15) is 9.18 Å². The normalized spacial score (nSPS) is 11.1. The van der Waals surface area contributed by atoms with Gasteiger partial charge in [0.05, 0.1) is 6.61 Å². The van der Waals surface area contributed by atoms with Crippen molar-refractivity contribution in [3.05, 3.63) is 47.3 Å². The predicted molar refractivity (Wildman–Crippen MR) is 86.7 cm³/mol. The topological polar surface area (TPSA) is 52.6 Å². The molecule has 0 bridgehead atoms. The zero-order valence-electron chi connectivity index (χ0n) is 12.9. The Morgan fingerprint density at radius 2 is 2.23 bits per heavy atom. The van der Waals surface area contributed by atoms with Crippen LogP contribution in [0.4, 0.5) is 9.18 Å². The van der Waals surface area contributed by atoms with Crippen LogP contribution < -0.4 is 5.32 Å². The highest BCUT2D eigenvalue weighted by Crippen LogP contribution is 2.29. The molecule has 0 saturated heterocycles. The van der Waals surface area contributed by atoms with Crippen LogP contribution in [-0.2, 0) is 5.41 Å². The summed E-state index contributed by atoms with van der Waals surface area (Å²) < 4.78 is 13.1. The molecule has 0 heterocycles. The third-order valence-corrected chi connectivity index (χ3v) is 3.66. The molecule has 4 nitrogen and oxygen atoms in total. The van der Waals surface area contributed by atoms with Crippen molar-refractivity contribution in [2.75, 3.05) is 26.2 Å². The molecule has 0 aliphatic carbocycles. The second-order valence-corrected chi connectivity index (χ2v) is 6.03. The van der Waals surface area contributed by atoms with Crippen molar-refractivity contribution >= 4 is 17.6 Å². The maximum Gasteiger partial charge on any atom is 0.317 e. The third-order valence-electron chi connectivity index (χ3n) is 3.35. The fourth-order valence-electron chi connectivity index (χ4n) is 2.09. The van der Waals surface area contributed by atoms with E-state index in [2.05, 4.69) is 11.9 Å². The molecule has 0 spiro atoms. The van der Waals surface area contributed by atoms with Gasteiger partial charge in [0, 0.05) is 30.1 Å². The van der Waals surface area contributed by atoms with Gasteiger partial charge < -0.3 is 15.3 Å². The fraction of sp³-hybridized carbons (Fsp3) is 0.438. The van der Waals surface area contributed by atoms with Crippen LogP contribution >= 0.6 is 11.6 Å². The Labute approximate surface area is 135 Å². The Morgan fingerprint density at radius 1 is 1.55 bits per heavy atom. The molecule has 122 valence electrons. The summed E-state index contributed by atoms with van der Waals surface area (Å²) in [7, 11) is 0. The maximum absolute atomic E-state index is 13.1. The molecule has 0 saturated carbocycles. The summed E-state index contributed by atoms with van der Waals surface area (Å²) in [4.78, 5) is 13.6. The zero-order chi connectivity index (χ0) is 16.8. The molecule has 2 amide bonds. The summed E-state index contributed by atoms with van der Waals surface area (Å²) in [5.41, 5.74) is 0.299. The summed E-state index contributed by atoms with van der Waals surface area (Å²) in [6.07, 6.45) is 1.59. The lowest BCUT2D eigenvalue weighted by atomic mass is 9.84. The number of nitrogens with one attached hydrogen (secondary N) is 1. The largest absolute Gasteiger partial charge is 0.395 e. The molecule has 22 heavy (non-hydrogen) atoms. The SMILES string of the molecule is C=CCN(CCO)C(=O)NCC(C)(C)c1ccc(F)cc1Cl. The van der Waals surface area contributed by atoms with Gasteiger partial charge in [-0.05, 0) is 17.7 Å². The predicted octanol–water partition coefficient (Wildman–Crippen LogP) is 2.95. The minimum Gasteiger partial charge on any atom is -0.395 e. The number of carbonyl (C=O) groups is 1. The lowest BCUT2D eigenvalue weighted by Crippen LogP contribution is -2.45. The van der Waals surface area contributed by atoms with E-state index in [0.717, 1.165) is 5.56 Å². The summed E-state index contributed by atoms with van der Waals surface area (Å²) >= 11 is 6.08. The van der Waals surface area contributed by atoms with Crippen molar-refractivity contribution in [2.45, 2.75) is 19.3 Å². The molecule has 6 heteroatoms. The van der Waals surface area contributed by atoms with Crippen LogP contribution in [-0.4, -0.2) is 42.3 Å². The monoisotopic (exact) mass is 328 g/mol. The molecular weight excluding hydrogens is 307 g/mol. The number of urea groups is 1. The van der Waals surface area contributed by atoms with Gasteiger partial charge in [0.15, 0.2) is 0 Å². The van der Waals surface area contributed by atoms with Crippen LogP contribution in [0.1, 0.15) is 19.4 Å². The van der Waals surface area contributed by atoms with Crippen molar-refractivity contribution in [2.24, 2.45) is 0 Å². The number of nitrogens with zero attached hydrogens (tertiary/aromatic N) is 1. The van der Waals surface area contributed by atoms with Gasteiger partial charge in [-0.2, -0.15) is 0 Å². The first-order chi connectivity index (χ1) is 10.3. The van der Waals surface area contributed by atoms with Gasteiger partial charge in [0.25, 0.3) is 0 Å². The number of benzene rings is 1. The molecule has 0 atom stereocenters. The molecule has 0 unspecified atom stereocenters. The first kappa shape index (κ1) is 18.5. The number of hydrogen-bond donors (Lipinski definition) is 2. The van der Waals surface area contributed by atoms with Crippen LogP contribution in [0.5, 0.6) is 0 Å². The van der Waals surface area contributed by atoms with Crippen LogP contribution in [0.15, 0.2) is 30.9 Å². The first-order valence-corrected chi connectivity index (χ1v) is 7.39. The Morgan fingerprint density at radius 3 is 2.77 bits per heavy atom. The quantitative estimate of drug-likeness (QED) is 0.756. The van der Waals surface area contributed by atoms with Crippen LogP contribution in [0, 0.1) is 5.82 Å². The van der Waals surface area contributed by atoms with E-state index in [1.54, 1.807) is 12.1 Å². The second kappa shape index (κ2) is 8.15. The number of halogens is 2. The highest BCUT2D eigenvalue weighted by Gasteiger charge is 2.25. The van der Waals surface area contributed by atoms with E-state index < -0.39 is 11.2 Å². The number of aliphatic hydroxyl groups excluding tert-OH is 1. The van der Waals surface area contributed by atoms with E-state index in [-0.39, 0.29) is 19.2 Å². The first-order valence-electron chi connectivity index (χ1n) is 7.02. The Balaban J connectivity index is 2.75. The number of amides is 2. The summed E-state index contributed by atoms with van der Waals surface area (Å²) in [6, 6.07) is 3.94. The van der Waals surface area contributed by atoms with Gasteiger partial charge in [-0.1, -0.05) is 37.6 Å². The average Bonchev–Trinajstić information content (AvgIpc) is 2.44. The van der Waals surface area contributed by atoms with Gasteiger partial charge >= 0.3 is 6.03 Å². The minimum absolute atomic E-state index is 0.117. The Bertz CT molecular complexity index is 535. The van der Waals surface area contributed by atoms with Gasteiger partial charge in [-0.3, -0.25) is 0 Å². The fourth-order valence-corrected chi connectivity index (χ4v) is 2.52. The molecule has 0 fully saturated rings. The van der Waals surface area contributed by atoms with Crippen LogP contribution in [0.3, 0.4) is 0 Å². The lowest BCUT2D eigenvalue weighted by Gasteiger charge is -2.29. The Hall–Kier alpha value is -1.59. The molecule has 2 N–H and O–H groups in total. The zero-order valence-corrected chi connectivity index (χ0v) is 13.7. The molecule has 0 aliphatic rings. The second-order valence-electron chi connectivity index (χ2n) is 5.63. The molecule has 1 rings (SSSR count). The summed E-state index contributed by atoms with van der Waals surface area (Å²) in [5, 5.41) is 12.1. The van der Waals surface area contributed by atoms with E-state index in [0.29, 0.717) is 18.1 Å². The number of hydrogen-bond acceptors (Lipinski definition) is 2. The van der Waals surface area contributed by atoms with Crippen molar-refractivity contribution in [3.63, 3.8) is 0 Å². The summed E-state index contributed by atoms with van der Waals surface area (Å²) in [6.45, 7) is 8.21. The molecular formula is C16H22ClFN2O2. The molecule has 0 aliphatic heterocycles. The van der Waals surface area contributed by atoms with E-state index in [1.807, 2.05) is 13.8 Å². The molecule has 0 aromatic heterocycles. The third kappa shape index (κ3) is 5.00. The highest BCUT2D eigenvalue weighted by molar-refractivity contribution is 6.31. The number of aliphatic hydroxyl groups is 1. The van der Waals surface area contributed by atoms with Crippen LogP contribution in [0.2, 0.25) is 5.02 Å². The van der Waals surface area contributed by atoms with Crippen LogP contribution in [0.25, 0.3) is 0 Å². The summed E-state index contributed by atoms with van der Waals surface area (Å²) in [5.74, 6) is -0.395. The van der Waals surface area contributed by atoms with Gasteiger partial charge in [-0.25, -0.2) is 9.18 Å². The standard InChI is InChI=1S/C16H22ClFN2O2/c1-4-7-20(8-9-21)15(22)19-11-16(2,3)13-6-5-12(18)10-14(13)17/h4-6,10,21H,1,7-9,11H2,2-3H3,(H,19,22). The lowest BCUT2D eigenvalue weighted by molar-refractivity contribution is 0.182. The number of rotatable bonds is 7. The number of carbonyl (C=O) groups excluding carboxylic acids is 1. The van der Waals surface area contributed by atoms with Crippen molar-refractivity contribution < 1.29 is 14.3 Å². The van der Waals surface area contributed by atoms with Crippen molar-refractivity contribution in [3.8, 4) is 0 Å². The molecule has 1 aromatic carbocycles. The molecule has 0 radical (unpaired) electrons. The van der Waals surface area contributed by atoms with E-state index in [4.69, 9.17) is 16.7 Å². The Kier molecular flexibility index (Phi) is 6.84. The van der Waals surface area contributed by atoms with E-state index in [1.165, 1.54) is 17.0 Å². The smallest absolute Gasteiger partial charge is 0.317 e. The van der Waals surface area contributed by atoms with Crippen molar-refractivity contribution in [1.29, 1.82) is 0 Å². The minimum atomic E-state index is -0.459. The highest BCUT2D eigenvalue weighted by atomic mass is 35.5. The van der Waals surface area contributed by atoms with Gasteiger partial charge in [-0.15, -0.1) is 6.58 Å². The average molecular weight is 329 g/mol. The van der Waals surface area contributed by atoms with Gasteiger partial charge in [0.1, 0.15) is 5.82 Å².